The Labute approximate surface area is 158 Å². The van der Waals surface area contributed by atoms with Crippen LogP contribution in [0.25, 0.3) is 27.3 Å². The molecule has 0 spiro atoms. The third kappa shape index (κ3) is 4.45. The molecule has 0 saturated carbocycles. The Hall–Kier alpha value is -2.74. The number of allylic oxidation sites excluding steroid dienone is 1. The van der Waals surface area contributed by atoms with Crippen LogP contribution in [0.3, 0.4) is 0 Å². The van der Waals surface area contributed by atoms with Gasteiger partial charge in [-0.15, -0.1) is 0 Å². The molecule has 130 valence electrons. The number of halogens is 1. The van der Waals surface area contributed by atoms with E-state index in [-0.39, 0.29) is 12.0 Å². The summed E-state index contributed by atoms with van der Waals surface area (Å²) < 4.78 is 0. The largest absolute Gasteiger partial charge is 0.0903 e. The van der Waals surface area contributed by atoms with Gasteiger partial charge in [-0.25, -0.2) is 0 Å². The van der Waals surface area contributed by atoms with Crippen LogP contribution >= 0.6 is 11.6 Å². The standard InChI is InChI=1S/C22H20ClN3/c1-16(25-26-24)22(19-11-13-21(23)14-12-19)8-4-5-17-9-10-18-6-2-3-7-20(18)15-17/h2-7,9-16,22H,8H2,1H3/b5-4+/t16-,22+/m1/s1. The van der Waals surface area contributed by atoms with Crippen molar-refractivity contribution in [3.8, 4) is 0 Å². The van der Waals surface area contributed by atoms with Gasteiger partial charge >= 0.3 is 0 Å². The molecular formula is C22H20ClN3. The zero-order chi connectivity index (χ0) is 18.4. The molecule has 0 aliphatic rings. The van der Waals surface area contributed by atoms with Crippen LogP contribution in [0.15, 0.2) is 77.9 Å². The predicted octanol–water partition coefficient (Wildman–Crippen LogP) is 7.38. The number of nitrogens with zero attached hydrogens (tertiary/aromatic N) is 3. The molecule has 0 amide bonds. The Kier molecular flexibility index (Phi) is 5.96. The highest BCUT2D eigenvalue weighted by Gasteiger charge is 2.17. The van der Waals surface area contributed by atoms with Gasteiger partial charge in [0.2, 0.25) is 0 Å². The van der Waals surface area contributed by atoms with E-state index < -0.39 is 0 Å². The average Bonchev–Trinajstić information content (AvgIpc) is 2.66. The highest BCUT2D eigenvalue weighted by molar-refractivity contribution is 6.30. The van der Waals surface area contributed by atoms with Gasteiger partial charge in [0, 0.05) is 16.0 Å². The number of fused-ring (bicyclic) bond motifs is 1. The van der Waals surface area contributed by atoms with Crippen molar-refractivity contribution in [2.75, 3.05) is 0 Å². The Morgan fingerprint density at radius 1 is 1.04 bits per heavy atom. The number of benzene rings is 3. The molecular weight excluding hydrogens is 342 g/mol. The monoisotopic (exact) mass is 361 g/mol. The molecule has 0 saturated heterocycles. The van der Waals surface area contributed by atoms with E-state index in [1.54, 1.807) is 0 Å². The maximum atomic E-state index is 8.80. The summed E-state index contributed by atoms with van der Waals surface area (Å²) in [5.41, 5.74) is 11.1. The average molecular weight is 362 g/mol. The van der Waals surface area contributed by atoms with Gasteiger partial charge in [-0.1, -0.05) is 84.3 Å². The van der Waals surface area contributed by atoms with Crippen molar-refractivity contribution in [2.24, 2.45) is 5.11 Å². The highest BCUT2D eigenvalue weighted by Crippen LogP contribution is 2.28. The molecule has 0 unspecified atom stereocenters. The van der Waals surface area contributed by atoms with Crippen molar-refractivity contribution in [1.82, 2.24) is 0 Å². The molecule has 0 bridgehead atoms. The maximum absolute atomic E-state index is 8.80. The summed E-state index contributed by atoms with van der Waals surface area (Å²) in [6.07, 6.45) is 5.06. The summed E-state index contributed by atoms with van der Waals surface area (Å²) in [6, 6.07) is 22.4. The molecule has 0 N–H and O–H groups in total. The first kappa shape index (κ1) is 18.1. The van der Waals surface area contributed by atoms with Gasteiger partial charge in [0.25, 0.3) is 0 Å². The highest BCUT2D eigenvalue weighted by atomic mass is 35.5. The summed E-state index contributed by atoms with van der Waals surface area (Å²) >= 11 is 5.99. The minimum atomic E-state index is -0.137. The summed E-state index contributed by atoms with van der Waals surface area (Å²) in [6.45, 7) is 1.95. The molecule has 3 aromatic carbocycles. The van der Waals surface area contributed by atoms with E-state index >= 15 is 0 Å². The fourth-order valence-electron chi connectivity index (χ4n) is 3.15. The second kappa shape index (κ2) is 8.57. The SMILES string of the molecule is C[C@@H](N=[N+]=[N-])[C@H](C/C=C/c1ccc2ccccc2c1)c1ccc(Cl)cc1. The van der Waals surface area contributed by atoms with Crippen molar-refractivity contribution in [3.63, 3.8) is 0 Å². The molecule has 4 heteroatoms. The predicted molar refractivity (Wildman–Crippen MR) is 110 cm³/mol. The van der Waals surface area contributed by atoms with E-state index in [0.717, 1.165) is 17.5 Å². The molecule has 3 nitrogen and oxygen atoms in total. The Morgan fingerprint density at radius 3 is 2.50 bits per heavy atom. The molecule has 3 aromatic rings. The van der Waals surface area contributed by atoms with Crippen LogP contribution in [0.1, 0.15) is 30.4 Å². The van der Waals surface area contributed by atoms with Crippen LogP contribution in [-0.2, 0) is 0 Å². The Morgan fingerprint density at radius 2 is 1.77 bits per heavy atom. The van der Waals surface area contributed by atoms with Gasteiger partial charge in [-0.3, -0.25) is 0 Å². The number of hydrogen-bond acceptors (Lipinski definition) is 1. The van der Waals surface area contributed by atoms with E-state index in [1.807, 2.05) is 43.3 Å². The molecule has 0 aromatic heterocycles. The number of hydrogen-bond donors (Lipinski definition) is 0. The van der Waals surface area contributed by atoms with Crippen LogP contribution in [0.4, 0.5) is 0 Å². The lowest BCUT2D eigenvalue weighted by molar-refractivity contribution is 0.572. The van der Waals surface area contributed by atoms with Crippen LogP contribution in [0.2, 0.25) is 5.02 Å². The van der Waals surface area contributed by atoms with Crippen molar-refractivity contribution in [3.05, 3.63) is 99.4 Å². The van der Waals surface area contributed by atoms with Gasteiger partial charge in [-0.05, 0) is 58.0 Å². The van der Waals surface area contributed by atoms with Crippen molar-refractivity contribution >= 4 is 28.4 Å². The fourth-order valence-corrected chi connectivity index (χ4v) is 3.27. The Bertz CT molecular complexity index is 957. The van der Waals surface area contributed by atoms with Gasteiger partial charge in [0.15, 0.2) is 0 Å². The van der Waals surface area contributed by atoms with Gasteiger partial charge in [0.05, 0.1) is 0 Å². The van der Waals surface area contributed by atoms with E-state index in [0.29, 0.717) is 5.02 Å². The summed E-state index contributed by atoms with van der Waals surface area (Å²) in [4.78, 5) is 2.97. The minimum absolute atomic E-state index is 0.111. The molecule has 26 heavy (non-hydrogen) atoms. The summed E-state index contributed by atoms with van der Waals surface area (Å²) in [5.74, 6) is 0.111. The zero-order valence-electron chi connectivity index (χ0n) is 14.6. The molecule has 0 radical (unpaired) electrons. The van der Waals surface area contributed by atoms with Crippen LogP contribution in [-0.4, -0.2) is 6.04 Å². The lowest BCUT2D eigenvalue weighted by atomic mass is 9.89. The summed E-state index contributed by atoms with van der Waals surface area (Å²) in [7, 11) is 0. The smallest absolute Gasteiger partial charge is 0.0417 e. The molecule has 3 rings (SSSR count). The lowest BCUT2D eigenvalue weighted by Crippen LogP contribution is -2.11. The quantitative estimate of drug-likeness (QED) is 0.250. The van der Waals surface area contributed by atoms with Crippen LogP contribution in [0, 0.1) is 0 Å². The second-order valence-electron chi connectivity index (χ2n) is 6.35. The number of rotatable bonds is 6. The minimum Gasteiger partial charge on any atom is -0.0903 e. The number of azide groups is 1. The van der Waals surface area contributed by atoms with E-state index in [4.69, 9.17) is 17.1 Å². The first-order valence-electron chi connectivity index (χ1n) is 8.62. The first-order chi connectivity index (χ1) is 12.7. The van der Waals surface area contributed by atoms with Gasteiger partial charge < -0.3 is 0 Å². The zero-order valence-corrected chi connectivity index (χ0v) is 15.3. The second-order valence-corrected chi connectivity index (χ2v) is 6.78. The third-order valence-corrected chi connectivity index (χ3v) is 4.84. The molecule has 0 fully saturated rings. The Balaban J connectivity index is 1.80. The van der Waals surface area contributed by atoms with Crippen LogP contribution in [0.5, 0.6) is 0 Å². The molecule has 0 heterocycles. The van der Waals surface area contributed by atoms with Crippen molar-refractivity contribution in [2.45, 2.75) is 25.3 Å². The van der Waals surface area contributed by atoms with Crippen LogP contribution < -0.4 is 0 Å². The fraction of sp³-hybridized carbons (Fsp3) is 0.182. The molecule has 0 aliphatic heterocycles. The van der Waals surface area contributed by atoms with Crippen molar-refractivity contribution in [1.29, 1.82) is 0 Å². The molecule has 2 atom stereocenters. The first-order valence-corrected chi connectivity index (χ1v) is 9.00. The van der Waals surface area contributed by atoms with Gasteiger partial charge in [-0.2, -0.15) is 0 Å². The normalized spacial score (nSPS) is 13.5. The maximum Gasteiger partial charge on any atom is 0.0417 e. The third-order valence-electron chi connectivity index (χ3n) is 4.59. The van der Waals surface area contributed by atoms with Crippen molar-refractivity contribution < 1.29 is 0 Å². The molecule has 0 aliphatic carbocycles. The summed E-state index contributed by atoms with van der Waals surface area (Å²) in [5, 5.41) is 7.07. The van der Waals surface area contributed by atoms with E-state index in [2.05, 4.69) is 52.5 Å². The topological polar surface area (TPSA) is 48.8 Å². The van der Waals surface area contributed by atoms with E-state index in [9.17, 15) is 0 Å². The van der Waals surface area contributed by atoms with Gasteiger partial charge in [0.1, 0.15) is 0 Å². The lowest BCUT2D eigenvalue weighted by Gasteiger charge is -2.19. The van der Waals surface area contributed by atoms with E-state index in [1.165, 1.54) is 10.8 Å².